The van der Waals surface area contributed by atoms with Gasteiger partial charge in [0.05, 0.1) is 0 Å². The van der Waals surface area contributed by atoms with Crippen LogP contribution in [0.4, 0.5) is 0 Å². The van der Waals surface area contributed by atoms with Crippen molar-refractivity contribution in [3.8, 4) is 0 Å². The smallest absolute Gasteiger partial charge is 0.00927 e. The predicted molar refractivity (Wildman–Crippen MR) is 63.5 cm³/mol. The second kappa shape index (κ2) is 6.44. The maximum Gasteiger partial charge on any atom is 0.00927 e. The fraction of sp³-hybridized carbons (Fsp3) is 1.00. The summed E-state index contributed by atoms with van der Waals surface area (Å²) in [4.78, 5) is 0. The van der Waals surface area contributed by atoms with Crippen LogP contribution in [0.15, 0.2) is 0 Å². The summed E-state index contributed by atoms with van der Waals surface area (Å²) in [6.07, 6.45) is 8.40. The monoisotopic (exact) mass is 197 g/mol. The highest BCUT2D eigenvalue weighted by Crippen LogP contribution is 2.33. The predicted octanol–water partition coefficient (Wildman–Crippen LogP) is 3.59. The number of hydrogen-bond donors (Lipinski definition) is 1. The maximum atomic E-state index is 3.71. The molecule has 1 nitrogen and oxygen atoms in total. The van der Waals surface area contributed by atoms with Crippen LogP contribution in [0.25, 0.3) is 0 Å². The van der Waals surface area contributed by atoms with E-state index in [9.17, 15) is 0 Å². The van der Waals surface area contributed by atoms with Gasteiger partial charge < -0.3 is 5.32 Å². The van der Waals surface area contributed by atoms with E-state index < -0.39 is 0 Å². The van der Waals surface area contributed by atoms with Gasteiger partial charge in [-0.3, -0.25) is 0 Å². The molecule has 1 N–H and O–H groups in total. The molecule has 1 aliphatic rings. The van der Waals surface area contributed by atoms with Crippen LogP contribution in [0.5, 0.6) is 0 Å². The third kappa shape index (κ3) is 4.99. The van der Waals surface area contributed by atoms with Crippen LogP contribution in [-0.2, 0) is 0 Å². The molecule has 1 fully saturated rings. The van der Waals surface area contributed by atoms with Crippen LogP contribution in [0, 0.1) is 11.8 Å². The summed E-state index contributed by atoms with van der Waals surface area (Å²) in [5, 5.41) is 3.71. The minimum Gasteiger partial charge on any atom is -0.314 e. The molecule has 1 saturated carbocycles. The zero-order valence-electron chi connectivity index (χ0n) is 10.2. The third-order valence-corrected chi connectivity index (χ3v) is 3.25. The van der Waals surface area contributed by atoms with E-state index in [0.717, 1.165) is 17.9 Å². The van der Waals surface area contributed by atoms with Gasteiger partial charge >= 0.3 is 0 Å². The van der Waals surface area contributed by atoms with Crippen molar-refractivity contribution >= 4 is 0 Å². The van der Waals surface area contributed by atoms with Crippen LogP contribution < -0.4 is 5.32 Å². The summed E-state index contributed by atoms with van der Waals surface area (Å²) in [6.45, 7) is 8.17. The van der Waals surface area contributed by atoms with Crippen molar-refractivity contribution in [1.82, 2.24) is 5.32 Å². The summed E-state index contributed by atoms with van der Waals surface area (Å²) in [5.74, 6) is 1.89. The molecular weight excluding hydrogens is 170 g/mol. The largest absolute Gasteiger partial charge is 0.314 e. The molecule has 0 saturated heterocycles. The van der Waals surface area contributed by atoms with E-state index in [4.69, 9.17) is 0 Å². The second-order valence-electron chi connectivity index (χ2n) is 5.20. The van der Waals surface area contributed by atoms with Gasteiger partial charge in [-0.1, -0.05) is 33.6 Å². The van der Waals surface area contributed by atoms with E-state index >= 15 is 0 Å². The number of hydrogen-bond acceptors (Lipinski definition) is 1. The van der Waals surface area contributed by atoms with Gasteiger partial charge in [0.15, 0.2) is 0 Å². The van der Waals surface area contributed by atoms with Crippen LogP contribution in [-0.4, -0.2) is 12.6 Å². The zero-order valence-corrected chi connectivity index (χ0v) is 10.2. The normalized spacial score (nSPS) is 18.9. The van der Waals surface area contributed by atoms with Crippen molar-refractivity contribution in [2.75, 3.05) is 6.54 Å². The minimum absolute atomic E-state index is 0.828. The average Bonchev–Trinajstić information content (AvgIpc) is 2.94. The van der Waals surface area contributed by atoms with Gasteiger partial charge in [0, 0.05) is 6.04 Å². The fourth-order valence-electron chi connectivity index (χ4n) is 2.11. The first-order valence-corrected chi connectivity index (χ1v) is 6.47. The average molecular weight is 197 g/mol. The van der Waals surface area contributed by atoms with Crippen molar-refractivity contribution < 1.29 is 0 Å². The van der Waals surface area contributed by atoms with E-state index in [-0.39, 0.29) is 0 Å². The van der Waals surface area contributed by atoms with Crippen LogP contribution in [0.2, 0.25) is 0 Å². The molecule has 1 unspecified atom stereocenters. The fourth-order valence-corrected chi connectivity index (χ4v) is 2.11. The lowest BCUT2D eigenvalue weighted by atomic mass is 10.1. The molecule has 1 aliphatic carbocycles. The van der Waals surface area contributed by atoms with E-state index in [1.54, 1.807) is 0 Å². The Morgan fingerprint density at radius 3 is 2.43 bits per heavy atom. The van der Waals surface area contributed by atoms with Gasteiger partial charge in [-0.15, -0.1) is 0 Å². The minimum atomic E-state index is 0.828. The Morgan fingerprint density at radius 2 is 1.93 bits per heavy atom. The molecule has 0 radical (unpaired) electrons. The molecular formula is C13H27N. The van der Waals surface area contributed by atoms with Crippen LogP contribution >= 0.6 is 0 Å². The second-order valence-corrected chi connectivity index (χ2v) is 5.20. The molecule has 0 heterocycles. The first-order chi connectivity index (χ1) is 6.74. The van der Waals surface area contributed by atoms with Gasteiger partial charge in [0.1, 0.15) is 0 Å². The Morgan fingerprint density at radius 1 is 1.21 bits per heavy atom. The standard InChI is InChI=1S/C13H27N/c1-4-13(12-8-9-12)14-10-6-5-7-11(2)3/h11-14H,4-10H2,1-3H3. The molecule has 0 bridgehead atoms. The molecule has 1 rings (SSSR count). The van der Waals surface area contributed by atoms with Gasteiger partial charge in [-0.2, -0.15) is 0 Å². The highest BCUT2D eigenvalue weighted by molar-refractivity contribution is 4.85. The van der Waals surface area contributed by atoms with Crippen molar-refractivity contribution in [3.05, 3.63) is 0 Å². The lowest BCUT2D eigenvalue weighted by molar-refractivity contribution is 0.432. The van der Waals surface area contributed by atoms with Crippen LogP contribution in [0.1, 0.15) is 59.3 Å². The van der Waals surface area contributed by atoms with Crippen LogP contribution in [0.3, 0.4) is 0 Å². The van der Waals surface area contributed by atoms with Gasteiger partial charge in [-0.25, -0.2) is 0 Å². The van der Waals surface area contributed by atoms with E-state index in [0.29, 0.717) is 0 Å². The quantitative estimate of drug-likeness (QED) is 0.586. The molecule has 0 aromatic heterocycles. The Bertz CT molecular complexity index is 138. The van der Waals surface area contributed by atoms with Crippen molar-refractivity contribution in [2.45, 2.75) is 65.3 Å². The molecule has 84 valence electrons. The summed E-state index contributed by atoms with van der Waals surface area (Å²) in [5.41, 5.74) is 0. The molecule has 0 aromatic rings. The summed E-state index contributed by atoms with van der Waals surface area (Å²) in [7, 11) is 0. The SMILES string of the molecule is CCC(NCCCCC(C)C)C1CC1. The molecule has 0 amide bonds. The van der Waals surface area contributed by atoms with Gasteiger partial charge in [0.2, 0.25) is 0 Å². The molecule has 0 aliphatic heterocycles. The zero-order chi connectivity index (χ0) is 10.4. The Hall–Kier alpha value is -0.0400. The van der Waals surface area contributed by atoms with E-state index in [1.165, 1.54) is 45.1 Å². The first-order valence-electron chi connectivity index (χ1n) is 6.47. The highest BCUT2D eigenvalue weighted by atomic mass is 14.9. The van der Waals surface area contributed by atoms with Crippen molar-refractivity contribution in [3.63, 3.8) is 0 Å². The number of rotatable bonds is 8. The van der Waals surface area contributed by atoms with E-state index in [2.05, 4.69) is 26.1 Å². The third-order valence-electron chi connectivity index (χ3n) is 3.25. The molecule has 1 atom stereocenters. The Labute approximate surface area is 89.7 Å². The summed E-state index contributed by atoms with van der Waals surface area (Å²) < 4.78 is 0. The van der Waals surface area contributed by atoms with Crippen molar-refractivity contribution in [2.24, 2.45) is 11.8 Å². The summed E-state index contributed by atoms with van der Waals surface area (Å²) >= 11 is 0. The van der Waals surface area contributed by atoms with E-state index in [1.807, 2.05) is 0 Å². The van der Waals surface area contributed by atoms with Gasteiger partial charge in [0.25, 0.3) is 0 Å². The molecule has 0 aromatic carbocycles. The Balaban J connectivity index is 1.91. The summed E-state index contributed by atoms with van der Waals surface area (Å²) in [6, 6.07) is 0.828. The number of unbranched alkanes of at least 4 members (excludes halogenated alkanes) is 1. The Kier molecular flexibility index (Phi) is 5.54. The highest BCUT2D eigenvalue weighted by Gasteiger charge is 2.28. The first kappa shape index (κ1) is 12.0. The topological polar surface area (TPSA) is 12.0 Å². The number of nitrogens with one attached hydrogen (secondary N) is 1. The molecule has 14 heavy (non-hydrogen) atoms. The lowest BCUT2D eigenvalue weighted by Crippen LogP contribution is -2.31. The molecule has 0 spiro atoms. The lowest BCUT2D eigenvalue weighted by Gasteiger charge is -2.16. The molecule has 1 heteroatoms. The maximum absolute atomic E-state index is 3.71. The van der Waals surface area contributed by atoms with Gasteiger partial charge in [-0.05, 0) is 44.1 Å². The van der Waals surface area contributed by atoms with Crippen molar-refractivity contribution in [1.29, 1.82) is 0 Å².